The number of aliphatic hydroxyl groups excluding tert-OH is 1. The Morgan fingerprint density at radius 3 is 2.53 bits per heavy atom. The third-order valence-corrected chi connectivity index (χ3v) is 2.27. The molecule has 0 saturated carbocycles. The van der Waals surface area contributed by atoms with Crippen LogP contribution in [0.4, 0.5) is 0 Å². The number of methoxy groups -OCH3 is 1. The fourth-order valence-electron chi connectivity index (χ4n) is 1.35. The van der Waals surface area contributed by atoms with E-state index < -0.39 is 12.1 Å². The van der Waals surface area contributed by atoms with Crippen molar-refractivity contribution in [2.24, 2.45) is 0 Å². The number of rotatable bonds is 8. The Bertz CT molecular complexity index is 205. The smallest absolute Gasteiger partial charge is 0.334 e. The van der Waals surface area contributed by atoms with Crippen molar-refractivity contribution in [3.63, 3.8) is 0 Å². The summed E-state index contributed by atoms with van der Waals surface area (Å²) in [6.45, 7) is 0. The zero-order valence-electron chi connectivity index (χ0n) is 9.37. The first-order valence-corrected chi connectivity index (χ1v) is 5.41. The van der Waals surface area contributed by atoms with Crippen LogP contribution >= 0.6 is 0 Å². The predicted molar refractivity (Wildman–Crippen MR) is 59.2 cm³/mol. The SMILES string of the molecule is C#CCCCCCCCC(O)C(=O)OC. The maximum Gasteiger partial charge on any atom is 0.334 e. The van der Waals surface area contributed by atoms with Crippen molar-refractivity contribution in [2.45, 2.75) is 51.0 Å². The highest BCUT2D eigenvalue weighted by atomic mass is 16.5. The zero-order chi connectivity index (χ0) is 11.5. The van der Waals surface area contributed by atoms with Crippen molar-refractivity contribution in [2.75, 3.05) is 7.11 Å². The Hall–Kier alpha value is -1.01. The van der Waals surface area contributed by atoms with Gasteiger partial charge in [0, 0.05) is 6.42 Å². The van der Waals surface area contributed by atoms with Gasteiger partial charge in [0.2, 0.25) is 0 Å². The molecule has 0 radical (unpaired) electrons. The van der Waals surface area contributed by atoms with Gasteiger partial charge in [-0.1, -0.05) is 25.7 Å². The van der Waals surface area contributed by atoms with E-state index in [1.54, 1.807) is 0 Å². The van der Waals surface area contributed by atoms with Gasteiger partial charge in [-0.15, -0.1) is 12.3 Å². The van der Waals surface area contributed by atoms with Crippen LogP contribution in [0.3, 0.4) is 0 Å². The summed E-state index contributed by atoms with van der Waals surface area (Å²) in [4.78, 5) is 10.8. The van der Waals surface area contributed by atoms with E-state index in [9.17, 15) is 9.90 Å². The number of esters is 1. The van der Waals surface area contributed by atoms with Crippen molar-refractivity contribution >= 4 is 5.97 Å². The molecule has 0 aromatic heterocycles. The van der Waals surface area contributed by atoms with Crippen LogP contribution in [0.25, 0.3) is 0 Å². The number of carbonyl (C=O) groups is 1. The number of carbonyl (C=O) groups excluding carboxylic acids is 1. The second-order valence-electron chi connectivity index (χ2n) is 3.55. The minimum atomic E-state index is -0.958. The molecule has 0 aromatic rings. The highest BCUT2D eigenvalue weighted by molar-refractivity contribution is 5.74. The fraction of sp³-hybridized carbons (Fsp3) is 0.750. The maximum absolute atomic E-state index is 10.8. The van der Waals surface area contributed by atoms with Crippen LogP contribution < -0.4 is 0 Å². The summed E-state index contributed by atoms with van der Waals surface area (Å²) in [5.41, 5.74) is 0. The normalized spacial score (nSPS) is 11.8. The Morgan fingerprint density at radius 2 is 1.93 bits per heavy atom. The lowest BCUT2D eigenvalue weighted by Crippen LogP contribution is -2.21. The molecule has 0 aliphatic rings. The van der Waals surface area contributed by atoms with Gasteiger partial charge in [0.25, 0.3) is 0 Å². The van der Waals surface area contributed by atoms with Crippen LogP contribution in [-0.2, 0) is 9.53 Å². The van der Waals surface area contributed by atoms with E-state index >= 15 is 0 Å². The van der Waals surface area contributed by atoms with E-state index in [0.29, 0.717) is 6.42 Å². The molecule has 0 aliphatic heterocycles. The highest BCUT2D eigenvalue weighted by Crippen LogP contribution is 2.09. The molecule has 0 saturated heterocycles. The monoisotopic (exact) mass is 212 g/mol. The van der Waals surface area contributed by atoms with E-state index in [4.69, 9.17) is 6.42 Å². The molecule has 0 aromatic carbocycles. The highest BCUT2D eigenvalue weighted by Gasteiger charge is 2.13. The van der Waals surface area contributed by atoms with Crippen molar-refractivity contribution < 1.29 is 14.6 Å². The third-order valence-electron chi connectivity index (χ3n) is 2.27. The second kappa shape index (κ2) is 9.54. The lowest BCUT2D eigenvalue weighted by Gasteiger charge is -2.07. The van der Waals surface area contributed by atoms with Crippen LogP contribution in [0, 0.1) is 12.3 Å². The van der Waals surface area contributed by atoms with Crippen LogP contribution in [0.1, 0.15) is 44.9 Å². The summed E-state index contributed by atoms with van der Waals surface area (Å²) >= 11 is 0. The first-order chi connectivity index (χ1) is 7.22. The molecule has 0 rings (SSSR count). The topological polar surface area (TPSA) is 46.5 Å². The summed E-state index contributed by atoms with van der Waals surface area (Å²) in [5.74, 6) is 2.06. The average molecular weight is 212 g/mol. The lowest BCUT2D eigenvalue weighted by molar-refractivity contribution is -0.150. The number of unbranched alkanes of at least 4 members (excludes halogenated alkanes) is 5. The summed E-state index contributed by atoms with van der Waals surface area (Å²) in [7, 11) is 1.28. The average Bonchev–Trinajstić information content (AvgIpc) is 2.26. The standard InChI is InChI=1S/C12H20O3/c1-3-4-5-6-7-8-9-10-11(13)12(14)15-2/h1,11,13H,4-10H2,2H3. The molecule has 0 fully saturated rings. The van der Waals surface area contributed by atoms with Crippen LogP contribution in [-0.4, -0.2) is 24.3 Å². The molecule has 0 heterocycles. The first-order valence-electron chi connectivity index (χ1n) is 5.41. The lowest BCUT2D eigenvalue weighted by atomic mass is 10.1. The van der Waals surface area contributed by atoms with Crippen molar-refractivity contribution in [1.82, 2.24) is 0 Å². The number of hydrogen-bond acceptors (Lipinski definition) is 3. The summed E-state index contributed by atoms with van der Waals surface area (Å²) in [5, 5.41) is 9.26. The van der Waals surface area contributed by atoms with Crippen molar-refractivity contribution in [1.29, 1.82) is 0 Å². The molecule has 86 valence electrons. The van der Waals surface area contributed by atoms with Gasteiger partial charge in [0.05, 0.1) is 7.11 Å². The van der Waals surface area contributed by atoms with E-state index in [1.165, 1.54) is 7.11 Å². The molecule has 0 amide bonds. The Labute approximate surface area is 91.8 Å². The predicted octanol–water partition coefficient (Wildman–Crippen LogP) is 1.88. The second-order valence-corrected chi connectivity index (χ2v) is 3.55. The van der Waals surface area contributed by atoms with Crippen LogP contribution in [0.15, 0.2) is 0 Å². The van der Waals surface area contributed by atoms with E-state index in [2.05, 4.69) is 10.7 Å². The first kappa shape index (κ1) is 14.0. The van der Waals surface area contributed by atoms with Gasteiger partial charge in [-0.25, -0.2) is 4.79 Å². The fourth-order valence-corrected chi connectivity index (χ4v) is 1.35. The molecular formula is C12H20O3. The molecular weight excluding hydrogens is 192 g/mol. The Kier molecular flexibility index (Phi) is 8.90. The molecule has 3 heteroatoms. The van der Waals surface area contributed by atoms with Gasteiger partial charge < -0.3 is 9.84 Å². The molecule has 0 bridgehead atoms. The van der Waals surface area contributed by atoms with Gasteiger partial charge in [-0.2, -0.15) is 0 Å². The minimum absolute atomic E-state index is 0.488. The Morgan fingerprint density at radius 1 is 1.33 bits per heavy atom. The van der Waals surface area contributed by atoms with E-state index in [1.807, 2.05) is 0 Å². The van der Waals surface area contributed by atoms with E-state index in [-0.39, 0.29) is 0 Å². The quantitative estimate of drug-likeness (QED) is 0.379. The molecule has 1 N–H and O–H groups in total. The van der Waals surface area contributed by atoms with Crippen molar-refractivity contribution in [3.05, 3.63) is 0 Å². The number of hydrogen-bond donors (Lipinski definition) is 1. The molecule has 1 unspecified atom stereocenters. The minimum Gasteiger partial charge on any atom is -0.467 e. The largest absolute Gasteiger partial charge is 0.467 e. The van der Waals surface area contributed by atoms with Crippen molar-refractivity contribution in [3.8, 4) is 12.3 Å². The van der Waals surface area contributed by atoms with Gasteiger partial charge in [-0.3, -0.25) is 0 Å². The summed E-state index contributed by atoms with van der Waals surface area (Å²) in [6, 6.07) is 0. The number of aliphatic hydroxyl groups is 1. The summed E-state index contributed by atoms with van der Waals surface area (Å²) < 4.78 is 4.41. The third kappa shape index (κ3) is 8.02. The van der Waals surface area contributed by atoms with Gasteiger partial charge >= 0.3 is 5.97 Å². The van der Waals surface area contributed by atoms with Crippen LogP contribution in [0.2, 0.25) is 0 Å². The Balaban J connectivity index is 3.24. The maximum atomic E-state index is 10.8. The number of ether oxygens (including phenoxy) is 1. The van der Waals surface area contributed by atoms with Gasteiger partial charge in [0.15, 0.2) is 6.10 Å². The van der Waals surface area contributed by atoms with E-state index in [0.717, 1.165) is 38.5 Å². The molecule has 0 aliphatic carbocycles. The van der Waals surface area contributed by atoms with Gasteiger partial charge in [-0.05, 0) is 12.8 Å². The molecule has 1 atom stereocenters. The molecule has 0 spiro atoms. The zero-order valence-corrected chi connectivity index (χ0v) is 9.37. The van der Waals surface area contributed by atoms with Gasteiger partial charge in [0.1, 0.15) is 0 Å². The molecule has 3 nitrogen and oxygen atoms in total. The summed E-state index contributed by atoms with van der Waals surface area (Å²) in [6.07, 6.45) is 10.7. The number of terminal acetylenes is 1. The van der Waals surface area contributed by atoms with Crippen LogP contribution in [0.5, 0.6) is 0 Å². The molecule has 15 heavy (non-hydrogen) atoms.